The Morgan fingerprint density at radius 3 is 2.67 bits per heavy atom. The second kappa shape index (κ2) is 11.5. The minimum absolute atomic E-state index is 0.107. The summed E-state index contributed by atoms with van der Waals surface area (Å²) in [5, 5.41) is 16.3. The second-order valence-electron chi connectivity index (χ2n) is 9.22. The largest absolute Gasteiger partial charge is 0.478 e. The molecule has 0 unspecified atom stereocenters. The van der Waals surface area contributed by atoms with E-state index in [4.69, 9.17) is 16.6 Å². The number of rotatable bonds is 9. The molecular formula is C30H28N4O4S. The van der Waals surface area contributed by atoms with E-state index in [1.165, 1.54) is 6.07 Å². The van der Waals surface area contributed by atoms with Crippen molar-refractivity contribution in [1.29, 1.82) is 0 Å². The standard InChI is InChI=1S/C30H28N4O4S/c1-2-19-8-3-4-11-22(19)32-26(35)15-17-34-28(27(33-30(34)39)23-12-5-6-16-31-23)25-14-13-24(38-25)20-9-7-10-21(18-20)29(36)37/h3-14,16,18,27-28H,2,15,17H2,1H3,(H,32,35)(H,33,39)(H,36,37)/t27-,28-/m0/s1. The van der Waals surface area contributed by atoms with Crippen LogP contribution in [0.5, 0.6) is 0 Å². The fraction of sp³-hybridized carbons (Fsp3) is 0.200. The molecule has 198 valence electrons. The Labute approximate surface area is 231 Å². The van der Waals surface area contributed by atoms with Gasteiger partial charge in [-0.1, -0.05) is 43.3 Å². The summed E-state index contributed by atoms with van der Waals surface area (Å²) in [6, 6.07) is 23.1. The van der Waals surface area contributed by atoms with Gasteiger partial charge in [-0.3, -0.25) is 9.78 Å². The molecule has 0 bridgehead atoms. The first-order valence-corrected chi connectivity index (χ1v) is 13.1. The first kappa shape index (κ1) is 26.1. The Morgan fingerprint density at radius 1 is 1.08 bits per heavy atom. The number of aromatic nitrogens is 1. The SMILES string of the molecule is CCc1ccccc1NC(=O)CCN1C(=S)N[C@@H](c2ccccn2)[C@@H]1c1ccc(-c2cccc(C(=O)O)c2)o1. The summed E-state index contributed by atoms with van der Waals surface area (Å²) in [6.45, 7) is 2.42. The minimum Gasteiger partial charge on any atom is -0.478 e. The first-order chi connectivity index (χ1) is 18.9. The van der Waals surface area contributed by atoms with Crippen molar-refractivity contribution < 1.29 is 19.1 Å². The van der Waals surface area contributed by atoms with Crippen LogP contribution < -0.4 is 10.6 Å². The van der Waals surface area contributed by atoms with Crippen LogP contribution in [0.25, 0.3) is 11.3 Å². The van der Waals surface area contributed by atoms with Crippen molar-refractivity contribution in [2.45, 2.75) is 31.8 Å². The van der Waals surface area contributed by atoms with Crippen LogP contribution >= 0.6 is 12.2 Å². The number of anilines is 1. The highest BCUT2D eigenvalue weighted by atomic mass is 32.1. The molecule has 0 radical (unpaired) electrons. The summed E-state index contributed by atoms with van der Waals surface area (Å²) >= 11 is 5.71. The van der Waals surface area contributed by atoms with E-state index in [0.29, 0.717) is 28.7 Å². The Bertz CT molecular complexity index is 1500. The molecule has 2 atom stereocenters. The number of nitrogens with zero attached hydrogens (tertiary/aromatic N) is 2. The van der Waals surface area contributed by atoms with Crippen LogP contribution in [-0.4, -0.2) is 38.5 Å². The third kappa shape index (κ3) is 5.68. The van der Waals surface area contributed by atoms with Gasteiger partial charge in [0.25, 0.3) is 0 Å². The number of carbonyl (C=O) groups is 2. The van der Waals surface area contributed by atoms with E-state index in [9.17, 15) is 14.7 Å². The van der Waals surface area contributed by atoms with Crippen LogP contribution in [0.2, 0.25) is 0 Å². The van der Waals surface area contributed by atoms with Crippen LogP contribution in [-0.2, 0) is 11.2 Å². The Morgan fingerprint density at radius 2 is 1.90 bits per heavy atom. The number of thiocarbonyl (C=S) groups is 1. The predicted octanol–water partition coefficient (Wildman–Crippen LogP) is 5.60. The van der Waals surface area contributed by atoms with Crippen LogP contribution in [0.4, 0.5) is 5.69 Å². The van der Waals surface area contributed by atoms with Crippen molar-refractivity contribution in [3.05, 3.63) is 108 Å². The average molecular weight is 541 g/mol. The van der Waals surface area contributed by atoms with Gasteiger partial charge in [0, 0.05) is 30.4 Å². The number of nitrogens with one attached hydrogen (secondary N) is 2. The number of aryl methyl sites for hydroxylation is 1. The summed E-state index contributed by atoms with van der Waals surface area (Å²) in [6.07, 6.45) is 2.77. The molecule has 5 rings (SSSR count). The molecule has 2 aromatic heterocycles. The zero-order valence-electron chi connectivity index (χ0n) is 21.3. The number of carboxylic acids is 1. The van der Waals surface area contributed by atoms with E-state index in [1.807, 2.05) is 59.5 Å². The molecule has 0 spiro atoms. The lowest BCUT2D eigenvalue weighted by Crippen LogP contribution is -2.32. The van der Waals surface area contributed by atoms with E-state index < -0.39 is 5.97 Å². The van der Waals surface area contributed by atoms with E-state index in [-0.39, 0.29) is 30.0 Å². The van der Waals surface area contributed by atoms with E-state index in [1.54, 1.807) is 24.4 Å². The predicted molar refractivity (Wildman–Crippen MR) is 152 cm³/mol. The first-order valence-electron chi connectivity index (χ1n) is 12.7. The maximum atomic E-state index is 12.9. The normalized spacial score (nSPS) is 16.6. The van der Waals surface area contributed by atoms with Gasteiger partial charge in [-0.2, -0.15) is 0 Å². The smallest absolute Gasteiger partial charge is 0.335 e. The number of carbonyl (C=O) groups excluding carboxylic acids is 1. The van der Waals surface area contributed by atoms with Gasteiger partial charge >= 0.3 is 5.97 Å². The fourth-order valence-corrected chi connectivity index (χ4v) is 5.14. The molecule has 1 amide bonds. The summed E-state index contributed by atoms with van der Waals surface area (Å²) < 4.78 is 6.29. The molecule has 39 heavy (non-hydrogen) atoms. The molecule has 9 heteroatoms. The molecule has 3 N–H and O–H groups in total. The summed E-state index contributed by atoms with van der Waals surface area (Å²) in [5.41, 5.74) is 3.52. The molecule has 0 aliphatic carbocycles. The molecule has 1 aliphatic rings. The van der Waals surface area contributed by atoms with Gasteiger partial charge in [-0.25, -0.2) is 4.79 Å². The molecule has 0 saturated carbocycles. The number of benzene rings is 2. The number of carboxylic acid groups (broad SMARTS) is 1. The Balaban J connectivity index is 1.41. The van der Waals surface area contributed by atoms with Gasteiger partial charge in [0.1, 0.15) is 17.6 Å². The minimum atomic E-state index is -1.00. The summed E-state index contributed by atoms with van der Waals surface area (Å²) in [7, 11) is 0. The lowest BCUT2D eigenvalue weighted by Gasteiger charge is -2.26. The summed E-state index contributed by atoms with van der Waals surface area (Å²) in [4.78, 5) is 30.9. The molecule has 1 aliphatic heterocycles. The summed E-state index contributed by atoms with van der Waals surface area (Å²) in [5.74, 6) is 0.0598. The topological polar surface area (TPSA) is 108 Å². The second-order valence-corrected chi connectivity index (χ2v) is 9.60. The molecule has 1 saturated heterocycles. The molecule has 1 fully saturated rings. The van der Waals surface area contributed by atoms with Gasteiger partial charge in [0.05, 0.1) is 17.3 Å². The average Bonchev–Trinajstić information content (AvgIpc) is 3.57. The van der Waals surface area contributed by atoms with Gasteiger partial charge in [-0.15, -0.1) is 0 Å². The van der Waals surface area contributed by atoms with Gasteiger partial charge in [0.2, 0.25) is 5.91 Å². The third-order valence-electron chi connectivity index (χ3n) is 6.76. The van der Waals surface area contributed by atoms with Gasteiger partial charge in [0.15, 0.2) is 5.11 Å². The highest BCUT2D eigenvalue weighted by Crippen LogP contribution is 2.40. The van der Waals surface area contributed by atoms with Crippen LogP contribution in [0.15, 0.2) is 89.5 Å². The van der Waals surface area contributed by atoms with Crippen molar-refractivity contribution >= 4 is 34.9 Å². The number of amides is 1. The van der Waals surface area contributed by atoms with E-state index in [2.05, 4.69) is 22.5 Å². The van der Waals surface area contributed by atoms with Crippen molar-refractivity contribution in [3.63, 3.8) is 0 Å². The number of para-hydroxylation sites is 1. The number of furan rings is 1. The van der Waals surface area contributed by atoms with Crippen molar-refractivity contribution in [3.8, 4) is 11.3 Å². The lowest BCUT2D eigenvalue weighted by atomic mass is 10.0. The lowest BCUT2D eigenvalue weighted by molar-refractivity contribution is -0.116. The monoisotopic (exact) mass is 540 g/mol. The number of aromatic carboxylic acids is 1. The Hall–Kier alpha value is -4.50. The molecule has 4 aromatic rings. The van der Waals surface area contributed by atoms with Crippen molar-refractivity contribution in [1.82, 2.24) is 15.2 Å². The number of hydrogen-bond donors (Lipinski definition) is 3. The van der Waals surface area contributed by atoms with Crippen molar-refractivity contribution in [2.24, 2.45) is 0 Å². The number of hydrogen-bond acceptors (Lipinski definition) is 5. The molecule has 3 heterocycles. The van der Waals surface area contributed by atoms with E-state index in [0.717, 1.165) is 23.4 Å². The molecule has 8 nitrogen and oxygen atoms in total. The maximum Gasteiger partial charge on any atom is 0.335 e. The van der Waals surface area contributed by atoms with Crippen LogP contribution in [0, 0.1) is 0 Å². The van der Waals surface area contributed by atoms with Crippen LogP contribution in [0.1, 0.15) is 52.8 Å². The fourth-order valence-electron chi connectivity index (χ4n) is 4.81. The zero-order chi connectivity index (χ0) is 27.4. The maximum absolute atomic E-state index is 12.9. The van der Waals surface area contributed by atoms with Crippen LogP contribution in [0.3, 0.4) is 0 Å². The quantitative estimate of drug-likeness (QED) is 0.235. The highest BCUT2D eigenvalue weighted by Gasteiger charge is 2.41. The van der Waals surface area contributed by atoms with Crippen molar-refractivity contribution in [2.75, 3.05) is 11.9 Å². The number of pyridine rings is 1. The van der Waals surface area contributed by atoms with E-state index >= 15 is 0 Å². The van der Waals surface area contributed by atoms with Gasteiger partial charge in [-0.05, 0) is 66.7 Å². The third-order valence-corrected chi connectivity index (χ3v) is 7.11. The Kier molecular flexibility index (Phi) is 7.69. The molecular weight excluding hydrogens is 512 g/mol. The highest BCUT2D eigenvalue weighted by molar-refractivity contribution is 7.80. The zero-order valence-corrected chi connectivity index (χ0v) is 22.2. The van der Waals surface area contributed by atoms with Gasteiger partial charge < -0.3 is 25.1 Å². The molecule has 2 aromatic carbocycles.